The van der Waals surface area contributed by atoms with Gasteiger partial charge in [-0.25, -0.2) is 0 Å². The van der Waals surface area contributed by atoms with Crippen LogP contribution in [0.15, 0.2) is 12.1 Å². The fourth-order valence-corrected chi connectivity index (χ4v) is 1.75. The van der Waals surface area contributed by atoms with Gasteiger partial charge >= 0.3 is 5.97 Å². The lowest BCUT2D eigenvalue weighted by Crippen LogP contribution is -2.09. The summed E-state index contributed by atoms with van der Waals surface area (Å²) in [6.07, 6.45) is 0.0375. The smallest absolute Gasteiger partial charge is 0.310 e. The summed E-state index contributed by atoms with van der Waals surface area (Å²) in [4.78, 5) is 11.3. The molecule has 0 amide bonds. The van der Waals surface area contributed by atoms with Gasteiger partial charge in [-0.05, 0) is 37.1 Å². The minimum absolute atomic E-state index is 0.0375. The molecule has 0 spiro atoms. The van der Waals surface area contributed by atoms with Gasteiger partial charge in [0.05, 0.1) is 24.7 Å². The van der Waals surface area contributed by atoms with E-state index in [-0.39, 0.29) is 12.4 Å². The number of aryl methyl sites for hydroxylation is 1. The van der Waals surface area contributed by atoms with Crippen molar-refractivity contribution in [3.8, 4) is 6.07 Å². The van der Waals surface area contributed by atoms with E-state index in [4.69, 9.17) is 21.6 Å². The third-order valence-corrected chi connectivity index (χ3v) is 2.42. The van der Waals surface area contributed by atoms with E-state index in [1.807, 2.05) is 13.0 Å². The number of esters is 1. The molecule has 0 aliphatic rings. The van der Waals surface area contributed by atoms with Crippen molar-refractivity contribution in [3.05, 3.63) is 33.8 Å². The maximum atomic E-state index is 11.3. The van der Waals surface area contributed by atoms with Crippen LogP contribution in [0.1, 0.15) is 23.6 Å². The summed E-state index contributed by atoms with van der Waals surface area (Å²) >= 11 is 6.00. The maximum absolute atomic E-state index is 11.3. The Kier molecular flexibility index (Phi) is 4.33. The fourth-order valence-electron chi connectivity index (χ4n) is 1.41. The first-order valence-corrected chi connectivity index (χ1v) is 5.31. The van der Waals surface area contributed by atoms with Gasteiger partial charge in [-0.3, -0.25) is 4.79 Å². The number of nitrogens with zero attached hydrogens (tertiary/aromatic N) is 1. The second-order valence-corrected chi connectivity index (χ2v) is 3.77. The molecule has 84 valence electrons. The lowest BCUT2D eigenvalue weighted by Gasteiger charge is -2.07. The zero-order valence-electron chi connectivity index (χ0n) is 9.21. The number of rotatable bonds is 3. The number of hydrogen-bond acceptors (Lipinski definition) is 3. The normalized spacial score (nSPS) is 9.62. The molecule has 0 heterocycles. The molecule has 16 heavy (non-hydrogen) atoms. The Morgan fingerprint density at radius 1 is 1.56 bits per heavy atom. The van der Waals surface area contributed by atoms with E-state index in [2.05, 4.69) is 0 Å². The second kappa shape index (κ2) is 5.53. The Morgan fingerprint density at radius 3 is 2.81 bits per heavy atom. The predicted molar refractivity (Wildman–Crippen MR) is 61.2 cm³/mol. The fraction of sp³-hybridized carbons (Fsp3) is 0.333. The van der Waals surface area contributed by atoms with Gasteiger partial charge < -0.3 is 4.74 Å². The highest BCUT2D eigenvalue weighted by Gasteiger charge is 2.13. The van der Waals surface area contributed by atoms with Crippen molar-refractivity contribution in [2.24, 2.45) is 0 Å². The highest BCUT2D eigenvalue weighted by Crippen LogP contribution is 2.22. The molecular formula is C12H12ClNO2. The van der Waals surface area contributed by atoms with Crippen LogP contribution in [0.2, 0.25) is 5.02 Å². The zero-order chi connectivity index (χ0) is 12.1. The molecular weight excluding hydrogens is 226 g/mol. The molecule has 1 rings (SSSR count). The van der Waals surface area contributed by atoms with E-state index >= 15 is 0 Å². The molecule has 1 aromatic carbocycles. The van der Waals surface area contributed by atoms with E-state index in [9.17, 15) is 4.79 Å². The molecule has 0 unspecified atom stereocenters. The molecule has 0 aromatic heterocycles. The molecule has 0 radical (unpaired) electrons. The summed E-state index contributed by atoms with van der Waals surface area (Å²) < 4.78 is 4.82. The molecule has 0 fully saturated rings. The monoisotopic (exact) mass is 237 g/mol. The zero-order valence-corrected chi connectivity index (χ0v) is 9.97. The van der Waals surface area contributed by atoms with Crippen LogP contribution < -0.4 is 0 Å². The van der Waals surface area contributed by atoms with Crippen molar-refractivity contribution in [2.45, 2.75) is 20.3 Å². The summed E-state index contributed by atoms with van der Waals surface area (Å²) in [6.45, 7) is 3.91. The first-order valence-electron chi connectivity index (χ1n) is 4.93. The number of ether oxygens (including phenoxy) is 1. The number of nitriles is 1. The van der Waals surface area contributed by atoms with Gasteiger partial charge in [0, 0.05) is 5.02 Å². The lowest BCUT2D eigenvalue weighted by molar-refractivity contribution is -0.142. The number of carbonyl (C=O) groups excluding carboxylic acids is 1. The number of carbonyl (C=O) groups is 1. The number of benzene rings is 1. The largest absolute Gasteiger partial charge is 0.466 e. The Hall–Kier alpha value is -1.53. The van der Waals surface area contributed by atoms with E-state index in [1.54, 1.807) is 19.1 Å². The molecule has 0 atom stereocenters. The van der Waals surface area contributed by atoms with Crippen molar-refractivity contribution >= 4 is 17.6 Å². The second-order valence-electron chi connectivity index (χ2n) is 3.37. The molecule has 1 aromatic rings. The summed E-state index contributed by atoms with van der Waals surface area (Å²) in [5.41, 5.74) is 1.86. The Labute approximate surface area is 99.6 Å². The van der Waals surface area contributed by atoms with Gasteiger partial charge in [0.1, 0.15) is 0 Å². The van der Waals surface area contributed by atoms with E-state index in [0.717, 1.165) is 5.56 Å². The average molecular weight is 238 g/mol. The molecule has 0 saturated carbocycles. The molecule has 0 saturated heterocycles. The summed E-state index contributed by atoms with van der Waals surface area (Å²) in [7, 11) is 0. The highest BCUT2D eigenvalue weighted by molar-refractivity contribution is 6.31. The quantitative estimate of drug-likeness (QED) is 0.760. The Bertz CT molecular complexity index is 449. The van der Waals surface area contributed by atoms with Crippen LogP contribution in [0.5, 0.6) is 0 Å². The standard InChI is InChI=1S/C12H12ClNO2/c1-3-16-12(15)6-10-9(7-14)4-8(2)5-11(10)13/h4-5H,3,6H2,1-2H3. The van der Waals surface area contributed by atoms with Crippen molar-refractivity contribution in [2.75, 3.05) is 6.61 Å². The van der Waals surface area contributed by atoms with Crippen molar-refractivity contribution < 1.29 is 9.53 Å². The molecule has 3 nitrogen and oxygen atoms in total. The van der Waals surface area contributed by atoms with Crippen LogP contribution in [-0.4, -0.2) is 12.6 Å². The third-order valence-electron chi connectivity index (χ3n) is 2.09. The van der Waals surface area contributed by atoms with Crippen LogP contribution >= 0.6 is 11.6 Å². The van der Waals surface area contributed by atoms with Gasteiger partial charge in [-0.15, -0.1) is 0 Å². The predicted octanol–water partition coefficient (Wildman–Crippen LogP) is 2.63. The topological polar surface area (TPSA) is 50.1 Å². The van der Waals surface area contributed by atoms with E-state index in [1.165, 1.54) is 0 Å². The van der Waals surface area contributed by atoms with Gasteiger partial charge in [0.2, 0.25) is 0 Å². The SMILES string of the molecule is CCOC(=O)Cc1c(Cl)cc(C)cc1C#N. The van der Waals surface area contributed by atoms with Crippen molar-refractivity contribution in [1.29, 1.82) is 5.26 Å². The van der Waals surface area contributed by atoms with Gasteiger partial charge in [0.15, 0.2) is 0 Å². The summed E-state index contributed by atoms with van der Waals surface area (Å²) in [5.74, 6) is -0.371. The van der Waals surface area contributed by atoms with Crippen molar-refractivity contribution in [3.63, 3.8) is 0 Å². The minimum atomic E-state index is -0.371. The van der Waals surface area contributed by atoms with Crippen LogP contribution in [0, 0.1) is 18.3 Å². The molecule has 0 aliphatic heterocycles. The molecule has 0 N–H and O–H groups in total. The van der Waals surface area contributed by atoms with Crippen molar-refractivity contribution in [1.82, 2.24) is 0 Å². The van der Waals surface area contributed by atoms with Crippen LogP contribution in [0.3, 0.4) is 0 Å². The minimum Gasteiger partial charge on any atom is -0.466 e. The Balaban J connectivity index is 3.04. The molecule has 0 bridgehead atoms. The molecule has 4 heteroatoms. The first kappa shape index (κ1) is 12.5. The van der Waals surface area contributed by atoms with Crippen LogP contribution in [0.4, 0.5) is 0 Å². The van der Waals surface area contributed by atoms with Crippen LogP contribution in [-0.2, 0) is 16.0 Å². The maximum Gasteiger partial charge on any atom is 0.310 e. The first-order chi connectivity index (χ1) is 7.58. The number of hydrogen-bond donors (Lipinski definition) is 0. The van der Waals surface area contributed by atoms with E-state index in [0.29, 0.717) is 22.8 Å². The van der Waals surface area contributed by atoms with Gasteiger partial charge in [-0.2, -0.15) is 5.26 Å². The van der Waals surface area contributed by atoms with Gasteiger partial charge in [0.25, 0.3) is 0 Å². The van der Waals surface area contributed by atoms with Gasteiger partial charge in [-0.1, -0.05) is 11.6 Å². The molecule has 0 aliphatic carbocycles. The Morgan fingerprint density at radius 2 is 2.25 bits per heavy atom. The third kappa shape index (κ3) is 2.98. The van der Waals surface area contributed by atoms with Crippen LogP contribution in [0.25, 0.3) is 0 Å². The summed E-state index contributed by atoms with van der Waals surface area (Å²) in [5, 5.41) is 9.38. The highest BCUT2D eigenvalue weighted by atomic mass is 35.5. The van der Waals surface area contributed by atoms with E-state index < -0.39 is 0 Å². The number of halogens is 1. The summed E-state index contributed by atoms with van der Waals surface area (Å²) in [6, 6.07) is 5.47. The average Bonchev–Trinajstić information content (AvgIpc) is 2.22. The lowest BCUT2D eigenvalue weighted by atomic mass is 10.0.